The Labute approximate surface area is 92.6 Å². The van der Waals surface area contributed by atoms with E-state index in [1.807, 2.05) is 0 Å². The van der Waals surface area contributed by atoms with Gasteiger partial charge in [0.15, 0.2) is 0 Å². The number of nitrogens with one attached hydrogen (secondary N) is 1. The standard InChI is InChI=1S/C8H13NO6S/c10-7(11)4-9-8(12)5-1-2-6(3-5)16(13,14)15/h5-6H,1-4H2,(H,9,12)(H,10,11)(H,13,14,15)/t5-,6-/m0/s1. The largest absolute Gasteiger partial charge is 0.480 e. The molecule has 0 aromatic rings. The molecule has 1 fully saturated rings. The number of hydrogen-bond donors (Lipinski definition) is 3. The van der Waals surface area contributed by atoms with E-state index in [0.29, 0.717) is 6.42 Å². The summed E-state index contributed by atoms with van der Waals surface area (Å²) in [6.45, 7) is -0.480. The molecule has 0 radical (unpaired) electrons. The molecule has 3 N–H and O–H groups in total. The fourth-order valence-electron chi connectivity index (χ4n) is 1.76. The van der Waals surface area contributed by atoms with Gasteiger partial charge in [0.2, 0.25) is 5.91 Å². The lowest BCUT2D eigenvalue weighted by molar-refractivity contribution is -0.138. The first-order valence-corrected chi connectivity index (χ1v) is 6.27. The third kappa shape index (κ3) is 3.46. The molecule has 0 aliphatic heterocycles. The van der Waals surface area contributed by atoms with Crippen LogP contribution in [0, 0.1) is 5.92 Å². The Morgan fingerprint density at radius 2 is 1.94 bits per heavy atom. The summed E-state index contributed by atoms with van der Waals surface area (Å²) in [6.07, 6.45) is 0.615. The van der Waals surface area contributed by atoms with Crippen LogP contribution in [0.25, 0.3) is 0 Å². The van der Waals surface area contributed by atoms with E-state index in [0.717, 1.165) is 0 Å². The highest BCUT2D eigenvalue weighted by Crippen LogP contribution is 2.29. The Hall–Kier alpha value is -1.15. The van der Waals surface area contributed by atoms with Crippen LogP contribution < -0.4 is 5.32 Å². The van der Waals surface area contributed by atoms with Crippen LogP contribution in [0.4, 0.5) is 0 Å². The van der Waals surface area contributed by atoms with Crippen LogP contribution in [-0.2, 0) is 19.7 Å². The summed E-state index contributed by atoms with van der Waals surface area (Å²) in [6, 6.07) is 0. The zero-order chi connectivity index (χ0) is 12.3. The predicted molar refractivity (Wildman–Crippen MR) is 53.3 cm³/mol. The molecule has 1 amide bonds. The van der Waals surface area contributed by atoms with Crippen molar-refractivity contribution in [3.05, 3.63) is 0 Å². The van der Waals surface area contributed by atoms with Crippen molar-refractivity contribution in [3.63, 3.8) is 0 Å². The fourth-order valence-corrected chi connectivity index (χ4v) is 2.67. The summed E-state index contributed by atoms with van der Waals surface area (Å²) in [5.41, 5.74) is 0. The zero-order valence-corrected chi connectivity index (χ0v) is 9.24. The average molecular weight is 251 g/mol. The SMILES string of the molecule is O=C(O)CNC(=O)[C@H]1CC[C@H](S(=O)(=O)O)C1. The van der Waals surface area contributed by atoms with Crippen molar-refractivity contribution in [2.75, 3.05) is 6.54 Å². The van der Waals surface area contributed by atoms with Gasteiger partial charge in [0, 0.05) is 5.92 Å². The molecule has 92 valence electrons. The van der Waals surface area contributed by atoms with E-state index in [1.54, 1.807) is 0 Å². The zero-order valence-electron chi connectivity index (χ0n) is 8.42. The quantitative estimate of drug-likeness (QED) is 0.565. The summed E-state index contributed by atoms with van der Waals surface area (Å²) < 4.78 is 30.4. The number of amides is 1. The first-order chi connectivity index (χ1) is 7.30. The molecule has 7 nitrogen and oxygen atoms in total. The minimum atomic E-state index is -4.10. The van der Waals surface area contributed by atoms with Crippen molar-refractivity contribution in [2.24, 2.45) is 5.92 Å². The van der Waals surface area contributed by atoms with Crippen LogP contribution in [0.5, 0.6) is 0 Å². The first kappa shape index (κ1) is 12.9. The molecule has 1 aliphatic carbocycles. The van der Waals surface area contributed by atoms with Crippen LogP contribution in [0.3, 0.4) is 0 Å². The van der Waals surface area contributed by atoms with Gasteiger partial charge < -0.3 is 10.4 Å². The molecule has 0 saturated heterocycles. The van der Waals surface area contributed by atoms with E-state index in [1.165, 1.54) is 0 Å². The second kappa shape index (κ2) is 4.79. The molecule has 0 aromatic carbocycles. The van der Waals surface area contributed by atoms with Crippen LogP contribution in [0.15, 0.2) is 0 Å². The Morgan fingerprint density at radius 1 is 1.31 bits per heavy atom. The van der Waals surface area contributed by atoms with E-state index in [2.05, 4.69) is 5.32 Å². The van der Waals surface area contributed by atoms with Crippen molar-refractivity contribution in [1.29, 1.82) is 0 Å². The topological polar surface area (TPSA) is 121 Å². The van der Waals surface area contributed by atoms with Gasteiger partial charge in [0.05, 0.1) is 5.25 Å². The molecular formula is C8H13NO6S. The lowest BCUT2D eigenvalue weighted by atomic mass is 10.1. The molecule has 0 unspecified atom stereocenters. The maximum Gasteiger partial charge on any atom is 0.322 e. The second-order valence-corrected chi connectivity index (χ2v) is 5.46. The summed E-state index contributed by atoms with van der Waals surface area (Å²) in [5.74, 6) is -2.17. The number of carbonyl (C=O) groups excluding carboxylic acids is 1. The van der Waals surface area contributed by atoms with E-state index in [9.17, 15) is 18.0 Å². The summed E-state index contributed by atoms with van der Waals surface area (Å²) in [4.78, 5) is 21.6. The number of carbonyl (C=O) groups is 2. The molecule has 8 heteroatoms. The lowest BCUT2D eigenvalue weighted by Gasteiger charge is -2.09. The Balaban J connectivity index is 2.47. The minimum absolute atomic E-state index is 0.0459. The van der Waals surface area contributed by atoms with Gasteiger partial charge in [0.25, 0.3) is 10.1 Å². The lowest BCUT2D eigenvalue weighted by Crippen LogP contribution is -2.34. The predicted octanol–water partition coefficient (Wildman–Crippen LogP) is -0.756. The van der Waals surface area contributed by atoms with Crippen molar-refractivity contribution < 1.29 is 27.7 Å². The summed E-state index contributed by atoms with van der Waals surface area (Å²) >= 11 is 0. The molecule has 0 aromatic heterocycles. The van der Waals surface area contributed by atoms with Crippen molar-refractivity contribution in [3.8, 4) is 0 Å². The van der Waals surface area contributed by atoms with Gasteiger partial charge in [-0.15, -0.1) is 0 Å². The number of aliphatic carboxylic acids is 1. The van der Waals surface area contributed by atoms with Gasteiger partial charge in [0.1, 0.15) is 6.54 Å². The average Bonchev–Trinajstić information content (AvgIpc) is 2.61. The van der Waals surface area contributed by atoms with E-state index >= 15 is 0 Å². The highest BCUT2D eigenvalue weighted by Gasteiger charge is 2.36. The fraction of sp³-hybridized carbons (Fsp3) is 0.750. The molecule has 0 spiro atoms. The number of hydrogen-bond acceptors (Lipinski definition) is 4. The molecule has 2 atom stereocenters. The number of carboxylic acids is 1. The highest BCUT2D eigenvalue weighted by molar-refractivity contribution is 7.86. The Bertz CT molecular complexity index is 389. The molecular weight excluding hydrogens is 238 g/mol. The minimum Gasteiger partial charge on any atom is -0.480 e. The van der Waals surface area contributed by atoms with Gasteiger partial charge in [-0.25, -0.2) is 0 Å². The van der Waals surface area contributed by atoms with Gasteiger partial charge in [-0.1, -0.05) is 0 Å². The van der Waals surface area contributed by atoms with Crippen LogP contribution in [-0.4, -0.2) is 41.7 Å². The van der Waals surface area contributed by atoms with E-state index in [-0.39, 0.29) is 12.8 Å². The van der Waals surface area contributed by atoms with Gasteiger partial charge >= 0.3 is 5.97 Å². The Morgan fingerprint density at radius 3 is 2.38 bits per heavy atom. The van der Waals surface area contributed by atoms with Gasteiger partial charge in [-0.05, 0) is 19.3 Å². The molecule has 1 rings (SSSR count). The Kier molecular flexibility index (Phi) is 3.87. The highest BCUT2D eigenvalue weighted by atomic mass is 32.2. The van der Waals surface area contributed by atoms with Gasteiger partial charge in [-0.3, -0.25) is 14.1 Å². The van der Waals surface area contributed by atoms with Crippen molar-refractivity contribution in [2.45, 2.75) is 24.5 Å². The molecule has 16 heavy (non-hydrogen) atoms. The monoisotopic (exact) mass is 251 g/mol. The first-order valence-electron chi connectivity index (χ1n) is 4.76. The second-order valence-electron chi connectivity index (χ2n) is 3.76. The van der Waals surface area contributed by atoms with Crippen LogP contribution in [0.2, 0.25) is 0 Å². The van der Waals surface area contributed by atoms with Crippen LogP contribution >= 0.6 is 0 Å². The van der Waals surface area contributed by atoms with E-state index in [4.69, 9.17) is 9.66 Å². The smallest absolute Gasteiger partial charge is 0.322 e. The molecule has 0 heterocycles. The maximum absolute atomic E-state index is 11.4. The van der Waals surface area contributed by atoms with Crippen LogP contribution in [0.1, 0.15) is 19.3 Å². The van der Waals surface area contributed by atoms with Crippen molar-refractivity contribution in [1.82, 2.24) is 5.32 Å². The third-order valence-electron chi connectivity index (χ3n) is 2.59. The van der Waals surface area contributed by atoms with Gasteiger partial charge in [-0.2, -0.15) is 8.42 Å². The molecule has 0 bridgehead atoms. The van der Waals surface area contributed by atoms with Crippen molar-refractivity contribution >= 4 is 22.0 Å². The molecule has 1 saturated carbocycles. The number of rotatable bonds is 4. The summed E-state index contributed by atoms with van der Waals surface area (Å²) in [7, 11) is -4.10. The number of carboxylic acid groups (broad SMARTS) is 1. The third-order valence-corrected chi connectivity index (χ3v) is 3.86. The summed E-state index contributed by atoms with van der Waals surface area (Å²) in [5, 5.41) is 9.61. The maximum atomic E-state index is 11.4. The van der Waals surface area contributed by atoms with E-state index < -0.39 is 39.7 Å². The normalized spacial score (nSPS) is 25.3. The molecule has 1 aliphatic rings.